The van der Waals surface area contributed by atoms with E-state index >= 15 is 0 Å². The minimum absolute atomic E-state index is 0.168. The molecule has 1 atom stereocenters. The number of nitrogens with zero attached hydrogens (tertiary/aromatic N) is 2. The van der Waals surface area contributed by atoms with Crippen LogP contribution in [0.5, 0.6) is 0 Å². The van der Waals surface area contributed by atoms with Gasteiger partial charge >= 0.3 is 0 Å². The monoisotopic (exact) mass is 346 g/mol. The van der Waals surface area contributed by atoms with E-state index in [0.29, 0.717) is 12.3 Å². The molecule has 0 aromatic carbocycles. The van der Waals surface area contributed by atoms with E-state index in [-0.39, 0.29) is 5.41 Å². The summed E-state index contributed by atoms with van der Waals surface area (Å²) >= 11 is 3.62. The number of aryl methyl sites for hydroxylation is 2. The second-order valence-electron chi connectivity index (χ2n) is 7.01. The molecule has 0 unspecified atom stereocenters. The highest BCUT2D eigenvalue weighted by Crippen LogP contribution is 2.43. The van der Waals surface area contributed by atoms with Crippen LogP contribution in [0.2, 0.25) is 0 Å². The van der Waals surface area contributed by atoms with Crippen molar-refractivity contribution in [2.75, 3.05) is 24.5 Å². The van der Waals surface area contributed by atoms with Crippen molar-refractivity contribution in [1.82, 2.24) is 4.90 Å². The standard InChI is InChI=1S/C18H22N2OS2/c1-13-3-5-15(22-13)10-19-8-7-18(11-19)9-16(21)20(12-18)17-6-4-14(2)23-17/h3-6H,7-12H2,1-2H3/t18-/m0/s1. The Kier molecular flexibility index (Phi) is 3.82. The summed E-state index contributed by atoms with van der Waals surface area (Å²) in [6.45, 7) is 8.36. The van der Waals surface area contributed by atoms with Crippen molar-refractivity contribution >= 4 is 33.6 Å². The second kappa shape index (κ2) is 5.72. The molecule has 2 saturated heterocycles. The number of thiophene rings is 2. The van der Waals surface area contributed by atoms with E-state index in [1.54, 1.807) is 11.3 Å². The third kappa shape index (κ3) is 2.97. The topological polar surface area (TPSA) is 23.6 Å². The molecular formula is C18H22N2OS2. The number of likely N-dealkylation sites (tertiary alicyclic amines) is 1. The second-order valence-corrected chi connectivity index (χ2v) is 9.65. The van der Waals surface area contributed by atoms with Gasteiger partial charge in [-0.25, -0.2) is 0 Å². The minimum Gasteiger partial charge on any atom is -0.303 e. The average molecular weight is 347 g/mol. The molecule has 0 saturated carbocycles. The first-order valence-corrected chi connectivity index (χ1v) is 9.81. The molecule has 5 heteroatoms. The summed E-state index contributed by atoms with van der Waals surface area (Å²) in [6, 6.07) is 8.65. The molecule has 0 radical (unpaired) electrons. The van der Waals surface area contributed by atoms with Crippen LogP contribution in [-0.2, 0) is 11.3 Å². The van der Waals surface area contributed by atoms with Crippen LogP contribution >= 0.6 is 22.7 Å². The van der Waals surface area contributed by atoms with Crippen molar-refractivity contribution in [3.8, 4) is 0 Å². The van der Waals surface area contributed by atoms with E-state index in [1.807, 2.05) is 16.2 Å². The van der Waals surface area contributed by atoms with E-state index in [9.17, 15) is 4.79 Å². The summed E-state index contributed by atoms with van der Waals surface area (Å²) in [5.41, 5.74) is 0.168. The van der Waals surface area contributed by atoms with Crippen LogP contribution in [0, 0.1) is 19.3 Å². The largest absolute Gasteiger partial charge is 0.303 e. The van der Waals surface area contributed by atoms with Crippen LogP contribution in [0.1, 0.15) is 27.5 Å². The Labute approximate surface area is 145 Å². The highest BCUT2D eigenvalue weighted by Gasteiger charge is 2.47. The van der Waals surface area contributed by atoms with E-state index in [4.69, 9.17) is 0 Å². The summed E-state index contributed by atoms with van der Waals surface area (Å²) < 4.78 is 0. The Balaban J connectivity index is 1.45. The predicted octanol–water partition coefficient (Wildman–Crippen LogP) is 4.06. The predicted molar refractivity (Wildman–Crippen MR) is 97.4 cm³/mol. The van der Waals surface area contributed by atoms with Gasteiger partial charge in [-0.2, -0.15) is 0 Å². The number of anilines is 1. The van der Waals surface area contributed by atoms with Gasteiger partial charge in [0.15, 0.2) is 0 Å². The maximum absolute atomic E-state index is 12.5. The molecule has 2 aromatic heterocycles. The van der Waals surface area contributed by atoms with Gasteiger partial charge in [-0.15, -0.1) is 22.7 Å². The first-order valence-electron chi connectivity index (χ1n) is 8.18. The zero-order chi connectivity index (χ0) is 16.0. The average Bonchev–Trinajstić information content (AvgIpc) is 3.23. The Morgan fingerprint density at radius 1 is 1.09 bits per heavy atom. The highest BCUT2D eigenvalue weighted by atomic mass is 32.1. The SMILES string of the molecule is Cc1ccc(CN2CC[C@]3(CC(=O)N(c4ccc(C)s4)C3)C2)s1. The molecule has 1 spiro atoms. The van der Waals surface area contributed by atoms with Gasteiger partial charge in [-0.05, 0) is 51.1 Å². The number of amides is 1. The third-order valence-electron chi connectivity index (χ3n) is 5.01. The summed E-state index contributed by atoms with van der Waals surface area (Å²) in [4.78, 5) is 21.2. The molecule has 3 nitrogen and oxygen atoms in total. The number of carbonyl (C=O) groups excluding carboxylic acids is 1. The summed E-state index contributed by atoms with van der Waals surface area (Å²) in [5.74, 6) is 0.306. The van der Waals surface area contributed by atoms with E-state index in [0.717, 1.165) is 37.6 Å². The van der Waals surface area contributed by atoms with Crippen LogP contribution in [-0.4, -0.2) is 30.4 Å². The highest BCUT2D eigenvalue weighted by molar-refractivity contribution is 7.16. The summed E-state index contributed by atoms with van der Waals surface area (Å²) in [5, 5.41) is 1.12. The first-order chi connectivity index (χ1) is 11.0. The third-order valence-corrected chi connectivity index (χ3v) is 7.01. The molecular weight excluding hydrogens is 324 g/mol. The van der Waals surface area contributed by atoms with E-state index in [1.165, 1.54) is 14.6 Å². The zero-order valence-electron chi connectivity index (χ0n) is 13.7. The van der Waals surface area contributed by atoms with Crippen molar-refractivity contribution < 1.29 is 4.79 Å². The fraction of sp³-hybridized carbons (Fsp3) is 0.500. The number of carbonyl (C=O) groups is 1. The van der Waals surface area contributed by atoms with Gasteiger partial charge in [0, 0.05) is 46.1 Å². The number of hydrogen-bond acceptors (Lipinski definition) is 4. The summed E-state index contributed by atoms with van der Waals surface area (Å²) in [6.07, 6.45) is 1.86. The Hall–Kier alpha value is -1.17. The minimum atomic E-state index is 0.168. The Morgan fingerprint density at radius 2 is 1.87 bits per heavy atom. The molecule has 0 N–H and O–H groups in total. The van der Waals surface area contributed by atoms with Crippen LogP contribution in [0.3, 0.4) is 0 Å². The smallest absolute Gasteiger partial charge is 0.228 e. The molecule has 2 fully saturated rings. The van der Waals surface area contributed by atoms with Crippen molar-refractivity contribution in [1.29, 1.82) is 0 Å². The first kappa shape index (κ1) is 15.4. The van der Waals surface area contributed by atoms with E-state index in [2.05, 4.69) is 43.0 Å². The van der Waals surface area contributed by atoms with Crippen LogP contribution in [0.15, 0.2) is 24.3 Å². The van der Waals surface area contributed by atoms with Crippen LogP contribution in [0.25, 0.3) is 0 Å². The fourth-order valence-electron chi connectivity index (χ4n) is 3.89. The normalized spacial score (nSPS) is 25.1. The molecule has 4 rings (SSSR count). The molecule has 4 heterocycles. The zero-order valence-corrected chi connectivity index (χ0v) is 15.3. The molecule has 0 bridgehead atoms. The molecule has 2 aliphatic heterocycles. The van der Waals surface area contributed by atoms with Gasteiger partial charge < -0.3 is 4.90 Å². The maximum Gasteiger partial charge on any atom is 0.228 e. The van der Waals surface area contributed by atoms with Gasteiger partial charge in [0.25, 0.3) is 0 Å². The van der Waals surface area contributed by atoms with Crippen LogP contribution < -0.4 is 4.90 Å². The Morgan fingerprint density at radius 3 is 2.57 bits per heavy atom. The lowest BCUT2D eigenvalue weighted by atomic mass is 9.86. The van der Waals surface area contributed by atoms with Gasteiger partial charge in [0.05, 0.1) is 5.00 Å². The van der Waals surface area contributed by atoms with Gasteiger partial charge in [0.1, 0.15) is 0 Å². The van der Waals surface area contributed by atoms with Crippen molar-refractivity contribution in [2.45, 2.75) is 33.2 Å². The van der Waals surface area contributed by atoms with Crippen molar-refractivity contribution in [3.63, 3.8) is 0 Å². The van der Waals surface area contributed by atoms with Crippen LogP contribution in [0.4, 0.5) is 5.00 Å². The lowest BCUT2D eigenvalue weighted by Gasteiger charge is -2.23. The number of rotatable bonds is 3. The lowest BCUT2D eigenvalue weighted by molar-refractivity contribution is -0.117. The fourth-order valence-corrected chi connectivity index (χ4v) is 5.70. The number of hydrogen-bond donors (Lipinski definition) is 0. The molecule has 2 aliphatic rings. The molecule has 1 amide bonds. The lowest BCUT2D eigenvalue weighted by Crippen LogP contribution is -2.30. The van der Waals surface area contributed by atoms with Gasteiger partial charge in [-0.3, -0.25) is 9.69 Å². The van der Waals surface area contributed by atoms with Gasteiger partial charge in [-0.1, -0.05) is 0 Å². The summed E-state index contributed by atoms with van der Waals surface area (Å²) in [7, 11) is 0. The quantitative estimate of drug-likeness (QED) is 0.837. The van der Waals surface area contributed by atoms with Crippen molar-refractivity contribution in [2.24, 2.45) is 5.41 Å². The van der Waals surface area contributed by atoms with Gasteiger partial charge in [0.2, 0.25) is 5.91 Å². The molecule has 0 aliphatic carbocycles. The van der Waals surface area contributed by atoms with Crippen molar-refractivity contribution in [3.05, 3.63) is 38.9 Å². The Bertz CT molecular complexity index is 735. The maximum atomic E-state index is 12.5. The van der Waals surface area contributed by atoms with E-state index < -0.39 is 0 Å². The molecule has 23 heavy (non-hydrogen) atoms. The molecule has 2 aromatic rings. The molecule has 122 valence electrons.